The highest BCUT2D eigenvalue weighted by Gasteiger charge is 2.48. The molecule has 1 fully saturated rings. The topological polar surface area (TPSA) is 106 Å². The van der Waals surface area contributed by atoms with Gasteiger partial charge in [0.2, 0.25) is 17.7 Å². The van der Waals surface area contributed by atoms with Crippen LogP contribution in [-0.2, 0) is 27.2 Å². The number of carbonyl (C=O) groups is 3. The van der Waals surface area contributed by atoms with Crippen LogP contribution in [0.25, 0.3) is 10.9 Å². The van der Waals surface area contributed by atoms with Gasteiger partial charge < -0.3 is 25.8 Å². The molecule has 3 aromatic rings. The van der Waals surface area contributed by atoms with Gasteiger partial charge in [-0.3, -0.25) is 14.4 Å². The number of amides is 3. The van der Waals surface area contributed by atoms with Gasteiger partial charge in [0.1, 0.15) is 12.1 Å². The molecule has 2 aromatic carbocycles. The van der Waals surface area contributed by atoms with E-state index in [0.29, 0.717) is 19.3 Å². The van der Waals surface area contributed by atoms with Gasteiger partial charge in [0.25, 0.3) is 0 Å². The zero-order valence-electron chi connectivity index (χ0n) is 21.9. The number of hydrogen-bond donors (Lipinski definition) is 4. The van der Waals surface area contributed by atoms with Crippen LogP contribution in [-0.4, -0.2) is 52.8 Å². The number of benzene rings is 2. The number of H-pyrrole nitrogens is 1. The minimum absolute atomic E-state index is 0.0517. The van der Waals surface area contributed by atoms with Gasteiger partial charge in [-0.15, -0.1) is 0 Å². The molecular formula is C30H35N5O3. The third-order valence-corrected chi connectivity index (χ3v) is 8.66. The molecule has 4 N–H and O–H groups in total. The van der Waals surface area contributed by atoms with Crippen molar-refractivity contribution in [2.45, 2.75) is 75.7 Å². The third kappa shape index (κ3) is 4.17. The van der Waals surface area contributed by atoms with Gasteiger partial charge in [-0.1, -0.05) is 42.5 Å². The molecule has 198 valence electrons. The summed E-state index contributed by atoms with van der Waals surface area (Å²) in [6, 6.07) is 14.3. The van der Waals surface area contributed by atoms with Crippen molar-refractivity contribution in [1.82, 2.24) is 25.8 Å². The number of nitrogens with zero attached hydrogens (tertiary/aromatic N) is 1. The summed E-state index contributed by atoms with van der Waals surface area (Å²) in [4.78, 5) is 46.0. The van der Waals surface area contributed by atoms with Crippen LogP contribution in [0.15, 0.2) is 48.5 Å². The van der Waals surface area contributed by atoms with Crippen molar-refractivity contribution < 1.29 is 14.4 Å². The second kappa shape index (κ2) is 9.91. The van der Waals surface area contributed by atoms with Crippen LogP contribution < -0.4 is 16.0 Å². The van der Waals surface area contributed by atoms with Crippen LogP contribution in [0.5, 0.6) is 0 Å². The van der Waals surface area contributed by atoms with Gasteiger partial charge in [-0.05, 0) is 68.8 Å². The summed E-state index contributed by atoms with van der Waals surface area (Å²) in [7, 11) is 1.72. The van der Waals surface area contributed by atoms with E-state index in [4.69, 9.17) is 0 Å². The predicted molar refractivity (Wildman–Crippen MR) is 145 cm³/mol. The quantitative estimate of drug-likeness (QED) is 0.421. The van der Waals surface area contributed by atoms with Crippen molar-refractivity contribution in [3.8, 4) is 0 Å². The number of aryl methyl sites for hydroxylation is 1. The van der Waals surface area contributed by atoms with Gasteiger partial charge in [-0.25, -0.2) is 0 Å². The van der Waals surface area contributed by atoms with Crippen LogP contribution in [0.3, 0.4) is 0 Å². The average molecular weight is 514 g/mol. The molecule has 0 spiro atoms. The van der Waals surface area contributed by atoms with Gasteiger partial charge in [0.15, 0.2) is 0 Å². The highest BCUT2D eigenvalue weighted by atomic mass is 16.2. The number of fused-ring (bicyclic) bond motifs is 6. The van der Waals surface area contributed by atoms with Crippen molar-refractivity contribution in [2.75, 3.05) is 7.05 Å². The molecule has 2 aliphatic heterocycles. The summed E-state index contributed by atoms with van der Waals surface area (Å²) in [6.45, 7) is 1.77. The van der Waals surface area contributed by atoms with Gasteiger partial charge in [-0.2, -0.15) is 0 Å². The van der Waals surface area contributed by atoms with Crippen molar-refractivity contribution >= 4 is 28.6 Å². The Morgan fingerprint density at radius 1 is 1.00 bits per heavy atom. The molecule has 3 aliphatic rings. The average Bonchev–Trinajstić information content (AvgIpc) is 3.51. The maximum atomic E-state index is 14.1. The molecule has 0 saturated carbocycles. The van der Waals surface area contributed by atoms with Crippen molar-refractivity contribution in [3.05, 3.63) is 70.9 Å². The summed E-state index contributed by atoms with van der Waals surface area (Å²) in [5.74, 6) is -0.539. The van der Waals surface area contributed by atoms with Crippen LogP contribution in [0.2, 0.25) is 0 Å². The van der Waals surface area contributed by atoms with E-state index in [1.165, 1.54) is 11.1 Å². The number of carbonyl (C=O) groups excluding carboxylic acids is 3. The zero-order chi connectivity index (χ0) is 26.4. The molecular weight excluding hydrogens is 478 g/mol. The van der Waals surface area contributed by atoms with Crippen molar-refractivity contribution in [2.24, 2.45) is 0 Å². The van der Waals surface area contributed by atoms with Gasteiger partial charge in [0.05, 0.1) is 18.1 Å². The van der Waals surface area contributed by atoms with E-state index < -0.39 is 18.1 Å². The Kier molecular flexibility index (Phi) is 6.43. The first kappa shape index (κ1) is 24.7. The third-order valence-electron chi connectivity index (χ3n) is 8.66. The van der Waals surface area contributed by atoms with Crippen LogP contribution >= 0.6 is 0 Å². The predicted octanol–water partition coefficient (Wildman–Crippen LogP) is 3.04. The number of aromatic nitrogens is 1. The number of hydrogen-bond acceptors (Lipinski definition) is 4. The summed E-state index contributed by atoms with van der Waals surface area (Å²) >= 11 is 0. The molecule has 38 heavy (non-hydrogen) atoms. The highest BCUT2D eigenvalue weighted by Crippen LogP contribution is 2.43. The maximum absolute atomic E-state index is 14.1. The first-order valence-corrected chi connectivity index (χ1v) is 13.7. The summed E-state index contributed by atoms with van der Waals surface area (Å²) in [6.07, 6.45) is 4.59. The van der Waals surface area contributed by atoms with E-state index >= 15 is 0 Å². The van der Waals surface area contributed by atoms with Crippen molar-refractivity contribution in [3.63, 3.8) is 0 Å². The van der Waals surface area contributed by atoms with Crippen LogP contribution in [0.1, 0.15) is 67.1 Å². The van der Waals surface area contributed by atoms with E-state index in [-0.39, 0.29) is 29.8 Å². The summed E-state index contributed by atoms with van der Waals surface area (Å²) < 4.78 is 0. The van der Waals surface area contributed by atoms with E-state index in [1.54, 1.807) is 18.9 Å². The van der Waals surface area contributed by atoms with Gasteiger partial charge >= 0.3 is 0 Å². The minimum Gasteiger partial charge on any atom is -0.356 e. The first-order chi connectivity index (χ1) is 18.5. The first-order valence-electron chi connectivity index (χ1n) is 13.7. The van der Waals surface area contributed by atoms with E-state index in [2.05, 4.69) is 39.1 Å². The molecule has 0 bridgehead atoms. The Labute approximate surface area is 222 Å². The lowest BCUT2D eigenvalue weighted by atomic mass is 9.87. The highest BCUT2D eigenvalue weighted by molar-refractivity contribution is 5.96. The smallest absolute Gasteiger partial charge is 0.246 e. The number of nitrogens with one attached hydrogen (secondary N) is 4. The standard InChI is InChI=1S/C30H35N5O3/c1-17(31-2)28(36)34-24-16-21-20-11-5-6-12-23(20)32-27(21)25-14-15-26(35(25)30(24)38)29(37)33-22-13-7-9-18-8-3-4-10-19(18)22/h3-6,8,10-12,17,22,24-26,31-32H,7,9,13-16H2,1-2H3,(H,33,37)(H,34,36)/t17-,22+,24-,25+,26?/m0/s1. The molecule has 3 amide bonds. The summed E-state index contributed by atoms with van der Waals surface area (Å²) in [5.41, 5.74) is 5.49. The summed E-state index contributed by atoms with van der Waals surface area (Å²) in [5, 5.41) is 10.3. The molecule has 1 saturated heterocycles. The second-order valence-electron chi connectivity index (χ2n) is 10.8. The molecule has 0 radical (unpaired) electrons. The van der Waals surface area contributed by atoms with Crippen LogP contribution in [0.4, 0.5) is 0 Å². The SMILES string of the molecule is CN[C@@H](C)C(=O)N[C@H]1Cc2c([nH]c3ccccc23)[C@H]2CCC(C(=O)N[C@@H]3CCCc4ccccc43)N2C1=O. The fraction of sp³-hybridized carbons (Fsp3) is 0.433. The van der Waals surface area contributed by atoms with E-state index in [9.17, 15) is 14.4 Å². The molecule has 1 aromatic heterocycles. The zero-order valence-corrected chi connectivity index (χ0v) is 21.9. The molecule has 1 unspecified atom stereocenters. The normalized spacial score (nSPS) is 25.2. The lowest BCUT2D eigenvalue weighted by Crippen LogP contribution is -2.56. The van der Waals surface area contributed by atoms with Gasteiger partial charge in [0, 0.05) is 23.0 Å². The number of rotatable bonds is 5. The maximum Gasteiger partial charge on any atom is 0.246 e. The number of aromatic amines is 1. The molecule has 3 heterocycles. The molecule has 5 atom stereocenters. The molecule has 8 nitrogen and oxygen atoms in total. The lowest BCUT2D eigenvalue weighted by Gasteiger charge is -2.33. The second-order valence-corrected chi connectivity index (χ2v) is 10.8. The Morgan fingerprint density at radius 3 is 2.63 bits per heavy atom. The minimum atomic E-state index is -0.745. The van der Waals surface area contributed by atoms with E-state index in [1.807, 2.05) is 30.3 Å². The Balaban J connectivity index is 1.34. The van der Waals surface area contributed by atoms with Crippen molar-refractivity contribution in [1.29, 1.82) is 0 Å². The Morgan fingerprint density at radius 2 is 1.79 bits per heavy atom. The van der Waals surface area contributed by atoms with E-state index in [0.717, 1.165) is 41.4 Å². The number of likely N-dealkylation sites (N-methyl/N-ethyl adjacent to an activating group) is 1. The van der Waals surface area contributed by atoms with Crippen LogP contribution in [0, 0.1) is 0 Å². The number of para-hydroxylation sites is 1. The molecule has 8 heteroatoms. The fourth-order valence-corrected chi connectivity index (χ4v) is 6.57. The Bertz CT molecular complexity index is 1400. The fourth-order valence-electron chi connectivity index (χ4n) is 6.57. The molecule has 6 rings (SSSR count). The molecule has 1 aliphatic carbocycles. The largest absolute Gasteiger partial charge is 0.356 e. The Hall–Kier alpha value is -3.65. The lowest BCUT2D eigenvalue weighted by molar-refractivity contribution is -0.143. The monoisotopic (exact) mass is 513 g/mol.